The molecule has 0 fully saturated rings. The molecule has 0 unspecified atom stereocenters. The number of hydrogen-bond acceptors (Lipinski definition) is 2. The molecule has 1 heterocycles. The summed E-state index contributed by atoms with van der Waals surface area (Å²) in [7, 11) is 0. The summed E-state index contributed by atoms with van der Waals surface area (Å²) in [6.45, 7) is 10.7. The minimum absolute atomic E-state index is 0.119. The Morgan fingerprint density at radius 1 is 1.44 bits per heavy atom. The molecule has 18 heavy (non-hydrogen) atoms. The smallest absolute Gasteiger partial charge is 0.123 e. The second-order valence-electron chi connectivity index (χ2n) is 5.02. The van der Waals surface area contributed by atoms with Crippen molar-refractivity contribution in [2.24, 2.45) is 0 Å². The van der Waals surface area contributed by atoms with Crippen molar-refractivity contribution in [2.45, 2.75) is 33.3 Å². The highest BCUT2D eigenvalue weighted by molar-refractivity contribution is 5.44. The molecule has 96 valence electrons. The summed E-state index contributed by atoms with van der Waals surface area (Å²) < 4.78 is 11.5. The fourth-order valence-corrected chi connectivity index (χ4v) is 1.89. The van der Waals surface area contributed by atoms with Gasteiger partial charge in [0.05, 0.1) is 0 Å². The monoisotopic (exact) mass is 244 g/mol. The van der Waals surface area contributed by atoms with Gasteiger partial charge in [0.15, 0.2) is 0 Å². The molecule has 2 rings (SSSR count). The van der Waals surface area contributed by atoms with Gasteiger partial charge >= 0.3 is 0 Å². The molecule has 1 atom stereocenters. The lowest BCUT2D eigenvalue weighted by molar-refractivity contribution is 0.271. The molecule has 0 saturated heterocycles. The summed E-state index contributed by atoms with van der Waals surface area (Å²) in [4.78, 5) is 0. The minimum atomic E-state index is 0.119. The van der Waals surface area contributed by atoms with Crippen molar-refractivity contribution in [1.29, 1.82) is 0 Å². The van der Waals surface area contributed by atoms with E-state index in [0.717, 1.165) is 23.5 Å². The van der Waals surface area contributed by atoms with Gasteiger partial charge in [-0.1, -0.05) is 12.2 Å². The Morgan fingerprint density at radius 3 is 2.89 bits per heavy atom. The lowest BCUT2D eigenvalue weighted by Gasteiger charge is -2.08. The zero-order chi connectivity index (χ0) is 13.1. The van der Waals surface area contributed by atoms with Gasteiger partial charge in [0.2, 0.25) is 0 Å². The molecule has 2 heteroatoms. The quantitative estimate of drug-likeness (QED) is 0.748. The van der Waals surface area contributed by atoms with E-state index in [4.69, 9.17) is 9.47 Å². The van der Waals surface area contributed by atoms with E-state index < -0.39 is 0 Å². The maximum Gasteiger partial charge on any atom is 0.123 e. The first-order valence-corrected chi connectivity index (χ1v) is 6.27. The van der Waals surface area contributed by atoms with Crippen molar-refractivity contribution in [3.05, 3.63) is 47.6 Å². The lowest BCUT2D eigenvalue weighted by Crippen LogP contribution is -2.13. The van der Waals surface area contributed by atoms with Crippen LogP contribution in [0.2, 0.25) is 0 Å². The number of allylic oxidation sites excluding steroid dienone is 1. The van der Waals surface area contributed by atoms with Crippen LogP contribution in [0, 0.1) is 0 Å². The highest BCUT2D eigenvalue weighted by Crippen LogP contribution is 2.33. The van der Waals surface area contributed by atoms with E-state index in [1.807, 2.05) is 19.1 Å². The van der Waals surface area contributed by atoms with Crippen LogP contribution >= 0.6 is 0 Å². The third-order valence-corrected chi connectivity index (χ3v) is 3.00. The molecule has 0 radical (unpaired) electrons. The third-order valence-electron chi connectivity index (χ3n) is 3.00. The van der Waals surface area contributed by atoms with Crippen LogP contribution in [0.5, 0.6) is 11.5 Å². The maximum absolute atomic E-state index is 5.80. The summed E-state index contributed by atoms with van der Waals surface area (Å²) in [5, 5.41) is 0. The second-order valence-corrected chi connectivity index (χ2v) is 5.02. The van der Waals surface area contributed by atoms with Gasteiger partial charge in [-0.25, -0.2) is 0 Å². The first-order chi connectivity index (χ1) is 8.56. The summed E-state index contributed by atoms with van der Waals surface area (Å²) in [5.74, 6) is 1.86. The number of hydrogen-bond donors (Lipinski definition) is 0. The molecule has 0 N–H and O–H groups in total. The van der Waals surface area contributed by atoms with Crippen molar-refractivity contribution < 1.29 is 9.47 Å². The zero-order valence-electron chi connectivity index (χ0n) is 11.3. The molecular formula is C16H20O2. The number of rotatable bonds is 4. The van der Waals surface area contributed by atoms with Crippen molar-refractivity contribution in [2.75, 3.05) is 6.61 Å². The Balaban J connectivity index is 2.04. The highest BCUT2D eigenvalue weighted by atomic mass is 16.5. The molecule has 1 aliphatic heterocycles. The van der Waals surface area contributed by atoms with Gasteiger partial charge in [-0.15, -0.1) is 0 Å². The number of benzene rings is 1. The van der Waals surface area contributed by atoms with Gasteiger partial charge in [0.1, 0.15) is 24.2 Å². The van der Waals surface area contributed by atoms with Gasteiger partial charge < -0.3 is 9.47 Å². The predicted molar refractivity (Wildman–Crippen MR) is 74.3 cm³/mol. The largest absolute Gasteiger partial charge is 0.490 e. The molecule has 2 nitrogen and oxygen atoms in total. The molecular weight excluding hydrogens is 224 g/mol. The maximum atomic E-state index is 5.80. The predicted octanol–water partition coefficient (Wildman–Crippen LogP) is 3.91. The summed E-state index contributed by atoms with van der Waals surface area (Å²) in [6.07, 6.45) is 3.08. The van der Waals surface area contributed by atoms with E-state index in [2.05, 4.69) is 32.6 Å². The Labute approximate surface area is 109 Å². The molecule has 0 amide bonds. The van der Waals surface area contributed by atoms with Crippen LogP contribution < -0.4 is 9.47 Å². The van der Waals surface area contributed by atoms with Crippen LogP contribution in [0.3, 0.4) is 0 Å². The van der Waals surface area contributed by atoms with E-state index in [9.17, 15) is 0 Å². The molecule has 0 spiro atoms. The van der Waals surface area contributed by atoms with Crippen molar-refractivity contribution in [1.82, 2.24) is 0 Å². The minimum Gasteiger partial charge on any atom is -0.490 e. The standard InChI is InChI=1S/C16H20O2/c1-11(2)7-8-17-14-5-6-15-13(9-14)10-16(18-15)12(3)4/h5-7,9,16H,3,8,10H2,1-2,4H3/t16-/m1/s1. The van der Waals surface area contributed by atoms with Gasteiger partial charge in [0.25, 0.3) is 0 Å². The van der Waals surface area contributed by atoms with Gasteiger partial charge in [-0.05, 0) is 50.6 Å². The van der Waals surface area contributed by atoms with Gasteiger partial charge in [0, 0.05) is 12.0 Å². The molecule has 0 aromatic heterocycles. The van der Waals surface area contributed by atoms with E-state index in [1.54, 1.807) is 0 Å². The molecule has 0 saturated carbocycles. The second kappa shape index (κ2) is 5.30. The summed E-state index contributed by atoms with van der Waals surface area (Å²) in [5.41, 5.74) is 3.54. The SMILES string of the molecule is C=C(C)[C@H]1Cc2cc(OCC=C(C)C)ccc2O1. The van der Waals surface area contributed by atoms with E-state index in [-0.39, 0.29) is 6.10 Å². The molecule has 0 bridgehead atoms. The summed E-state index contributed by atoms with van der Waals surface area (Å²) >= 11 is 0. The third kappa shape index (κ3) is 2.95. The Hall–Kier alpha value is -1.70. The Bertz CT molecular complexity index is 482. The fraction of sp³-hybridized carbons (Fsp3) is 0.375. The summed E-state index contributed by atoms with van der Waals surface area (Å²) in [6, 6.07) is 6.01. The van der Waals surface area contributed by atoms with Crippen LogP contribution in [0.15, 0.2) is 42.0 Å². The molecule has 1 aliphatic rings. The topological polar surface area (TPSA) is 18.5 Å². The van der Waals surface area contributed by atoms with E-state index >= 15 is 0 Å². The van der Waals surface area contributed by atoms with Crippen molar-refractivity contribution in [3.63, 3.8) is 0 Å². The van der Waals surface area contributed by atoms with Crippen LogP contribution in [-0.4, -0.2) is 12.7 Å². The van der Waals surface area contributed by atoms with Gasteiger partial charge in [-0.2, -0.15) is 0 Å². The first kappa shape index (κ1) is 12.7. The number of ether oxygens (including phenoxy) is 2. The van der Waals surface area contributed by atoms with E-state index in [0.29, 0.717) is 6.61 Å². The van der Waals surface area contributed by atoms with Crippen LogP contribution in [-0.2, 0) is 6.42 Å². The van der Waals surface area contributed by atoms with E-state index in [1.165, 1.54) is 11.1 Å². The van der Waals surface area contributed by atoms with Crippen LogP contribution in [0.4, 0.5) is 0 Å². The van der Waals surface area contributed by atoms with Crippen LogP contribution in [0.25, 0.3) is 0 Å². The average molecular weight is 244 g/mol. The number of fused-ring (bicyclic) bond motifs is 1. The average Bonchev–Trinajstić information content (AvgIpc) is 2.71. The molecule has 0 aliphatic carbocycles. The van der Waals surface area contributed by atoms with Crippen molar-refractivity contribution >= 4 is 0 Å². The van der Waals surface area contributed by atoms with Gasteiger partial charge in [-0.3, -0.25) is 0 Å². The normalized spacial score (nSPS) is 16.7. The fourth-order valence-electron chi connectivity index (χ4n) is 1.89. The Morgan fingerprint density at radius 2 is 2.22 bits per heavy atom. The first-order valence-electron chi connectivity index (χ1n) is 6.27. The van der Waals surface area contributed by atoms with Crippen LogP contribution in [0.1, 0.15) is 26.3 Å². The molecule has 1 aromatic rings. The zero-order valence-corrected chi connectivity index (χ0v) is 11.3. The lowest BCUT2D eigenvalue weighted by atomic mass is 10.1. The highest BCUT2D eigenvalue weighted by Gasteiger charge is 2.23. The van der Waals surface area contributed by atoms with Crippen molar-refractivity contribution in [3.8, 4) is 11.5 Å². The molecule has 1 aromatic carbocycles. The Kier molecular flexibility index (Phi) is 3.75.